The Balaban J connectivity index is 2.55. The van der Waals surface area contributed by atoms with Gasteiger partial charge in [-0.25, -0.2) is 0 Å². The van der Waals surface area contributed by atoms with Gasteiger partial charge in [0.1, 0.15) is 0 Å². The van der Waals surface area contributed by atoms with Crippen LogP contribution in [0.3, 0.4) is 0 Å². The van der Waals surface area contributed by atoms with Gasteiger partial charge in [0, 0.05) is 10.0 Å². The van der Waals surface area contributed by atoms with E-state index in [-0.39, 0.29) is 18.4 Å². The number of alkyl halides is 3. The van der Waals surface area contributed by atoms with Gasteiger partial charge >= 0.3 is 6.18 Å². The molecule has 0 atom stereocenters. The van der Waals surface area contributed by atoms with Crippen LogP contribution in [-0.4, -0.2) is 18.2 Å². The lowest BCUT2D eigenvalue weighted by molar-refractivity contribution is -0.141. The number of hydrogen-bond donors (Lipinski definition) is 2. The van der Waals surface area contributed by atoms with Crippen molar-refractivity contribution >= 4 is 15.9 Å². The van der Waals surface area contributed by atoms with Crippen LogP contribution in [0.4, 0.5) is 13.2 Å². The minimum atomic E-state index is -4.46. The van der Waals surface area contributed by atoms with Crippen molar-refractivity contribution in [3.8, 4) is 0 Å². The lowest BCUT2D eigenvalue weighted by Gasteiger charge is -2.35. The summed E-state index contributed by atoms with van der Waals surface area (Å²) in [5.41, 5.74) is -2.23. The SMILES string of the molecule is OC1(c2c(Br)cccc2C(F)(F)F)CCNCC1. The van der Waals surface area contributed by atoms with Crippen LogP contribution >= 0.6 is 15.9 Å². The molecule has 0 saturated carbocycles. The molecule has 2 nitrogen and oxygen atoms in total. The number of hydrogen-bond acceptors (Lipinski definition) is 2. The molecule has 1 aromatic rings. The van der Waals surface area contributed by atoms with Crippen molar-refractivity contribution in [2.75, 3.05) is 13.1 Å². The van der Waals surface area contributed by atoms with Crippen LogP contribution in [0.15, 0.2) is 22.7 Å². The van der Waals surface area contributed by atoms with Crippen LogP contribution in [0.2, 0.25) is 0 Å². The summed E-state index contributed by atoms with van der Waals surface area (Å²) in [6.07, 6.45) is -3.91. The van der Waals surface area contributed by atoms with E-state index in [4.69, 9.17) is 0 Å². The van der Waals surface area contributed by atoms with Crippen LogP contribution in [0, 0.1) is 0 Å². The second kappa shape index (κ2) is 4.83. The molecule has 1 heterocycles. The molecule has 1 fully saturated rings. The van der Waals surface area contributed by atoms with Crippen molar-refractivity contribution < 1.29 is 18.3 Å². The topological polar surface area (TPSA) is 32.3 Å². The molecule has 1 saturated heterocycles. The van der Waals surface area contributed by atoms with Crippen LogP contribution in [0.5, 0.6) is 0 Å². The maximum atomic E-state index is 13.0. The van der Waals surface area contributed by atoms with Gasteiger partial charge in [-0.1, -0.05) is 22.0 Å². The van der Waals surface area contributed by atoms with Crippen LogP contribution < -0.4 is 5.32 Å². The molecule has 0 aromatic heterocycles. The van der Waals surface area contributed by atoms with Gasteiger partial charge in [0.2, 0.25) is 0 Å². The Morgan fingerprint density at radius 1 is 1.22 bits per heavy atom. The van der Waals surface area contributed by atoms with Gasteiger partial charge in [0.25, 0.3) is 0 Å². The number of halogens is 4. The van der Waals surface area contributed by atoms with Crippen molar-refractivity contribution in [1.29, 1.82) is 0 Å². The molecule has 0 amide bonds. The zero-order valence-electron chi connectivity index (χ0n) is 9.52. The van der Waals surface area contributed by atoms with Crippen molar-refractivity contribution in [2.24, 2.45) is 0 Å². The quantitative estimate of drug-likeness (QED) is 0.832. The first-order chi connectivity index (χ1) is 8.34. The number of benzene rings is 1. The Labute approximate surface area is 111 Å². The van der Waals surface area contributed by atoms with E-state index in [2.05, 4.69) is 21.2 Å². The van der Waals surface area contributed by atoms with E-state index < -0.39 is 17.3 Å². The summed E-state index contributed by atoms with van der Waals surface area (Å²) in [5, 5.41) is 13.5. The zero-order valence-corrected chi connectivity index (χ0v) is 11.1. The summed E-state index contributed by atoms with van der Waals surface area (Å²) in [7, 11) is 0. The van der Waals surface area contributed by atoms with Gasteiger partial charge in [0.05, 0.1) is 11.2 Å². The van der Waals surface area contributed by atoms with Gasteiger partial charge in [-0.2, -0.15) is 13.2 Å². The molecule has 0 radical (unpaired) electrons. The highest BCUT2D eigenvalue weighted by Gasteiger charge is 2.42. The van der Waals surface area contributed by atoms with Gasteiger partial charge < -0.3 is 10.4 Å². The smallest absolute Gasteiger partial charge is 0.385 e. The third-order valence-corrected chi connectivity index (χ3v) is 3.88. The summed E-state index contributed by atoms with van der Waals surface area (Å²) >= 11 is 3.13. The Hall–Kier alpha value is -0.590. The molecule has 2 rings (SSSR count). The third kappa shape index (κ3) is 2.55. The predicted octanol–water partition coefficient (Wildman–Crippen LogP) is 3.04. The first-order valence-corrected chi connectivity index (χ1v) is 6.43. The molecule has 0 spiro atoms. The molecule has 0 unspecified atom stereocenters. The zero-order chi connectivity index (χ0) is 13.4. The van der Waals surface area contributed by atoms with Crippen LogP contribution in [-0.2, 0) is 11.8 Å². The molecular weight excluding hydrogens is 311 g/mol. The van der Waals surface area contributed by atoms with Crippen molar-refractivity contribution in [1.82, 2.24) is 5.32 Å². The van der Waals surface area contributed by atoms with E-state index in [1.807, 2.05) is 0 Å². The second-order valence-electron chi connectivity index (χ2n) is 4.44. The second-order valence-corrected chi connectivity index (χ2v) is 5.30. The molecule has 1 aliphatic rings. The van der Waals surface area contributed by atoms with E-state index in [0.717, 1.165) is 6.07 Å². The molecule has 1 aromatic carbocycles. The van der Waals surface area contributed by atoms with E-state index >= 15 is 0 Å². The number of rotatable bonds is 1. The van der Waals surface area contributed by atoms with E-state index in [1.54, 1.807) is 0 Å². The van der Waals surface area contributed by atoms with E-state index in [9.17, 15) is 18.3 Å². The monoisotopic (exact) mass is 323 g/mol. The summed E-state index contributed by atoms with van der Waals surface area (Å²) in [6, 6.07) is 3.88. The molecule has 0 bridgehead atoms. The summed E-state index contributed by atoms with van der Waals surface area (Å²) in [5.74, 6) is 0. The average molecular weight is 324 g/mol. The highest BCUT2D eigenvalue weighted by atomic mass is 79.9. The fraction of sp³-hybridized carbons (Fsp3) is 0.500. The van der Waals surface area contributed by atoms with E-state index in [0.29, 0.717) is 17.6 Å². The Morgan fingerprint density at radius 3 is 2.39 bits per heavy atom. The highest BCUT2D eigenvalue weighted by Crippen LogP contribution is 2.43. The molecule has 0 aliphatic carbocycles. The minimum Gasteiger partial charge on any atom is -0.385 e. The predicted molar refractivity (Wildman–Crippen MR) is 65.1 cm³/mol. The maximum Gasteiger partial charge on any atom is 0.416 e. The van der Waals surface area contributed by atoms with Gasteiger partial charge in [-0.15, -0.1) is 0 Å². The lowest BCUT2D eigenvalue weighted by Crippen LogP contribution is -2.41. The number of piperidine rings is 1. The van der Waals surface area contributed by atoms with Gasteiger partial charge in [-0.05, 0) is 38.1 Å². The van der Waals surface area contributed by atoms with Gasteiger partial charge in [-0.3, -0.25) is 0 Å². The Bertz CT molecular complexity index is 441. The third-order valence-electron chi connectivity index (χ3n) is 3.22. The number of nitrogens with one attached hydrogen (secondary N) is 1. The van der Waals surface area contributed by atoms with Crippen molar-refractivity contribution in [2.45, 2.75) is 24.6 Å². The fourth-order valence-electron chi connectivity index (χ4n) is 2.32. The summed E-state index contributed by atoms with van der Waals surface area (Å²) in [4.78, 5) is 0. The van der Waals surface area contributed by atoms with Gasteiger partial charge in [0.15, 0.2) is 0 Å². The van der Waals surface area contributed by atoms with Crippen LogP contribution in [0.25, 0.3) is 0 Å². The largest absolute Gasteiger partial charge is 0.416 e. The minimum absolute atomic E-state index is 0.0426. The van der Waals surface area contributed by atoms with Crippen molar-refractivity contribution in [3.05, 3.63) is 33.8 Å². The standard InChI is InChI=1S/C12H13BrF3NO/c13-9-3-1-2-8(12(14,15)16)10(9)11(18)4-6-17-7-5-11/h1-3,17-18H,4-7H2. The van der Waals surface area contributed by atoms with E-state index in [1.165, 1.54) is 12.1 Å². The average Bonchev–Trinajstić information content (AvgIpc) is 2.28. The number of aliphatic hydroxyl groups is 1. The molecular formula is C12H13BrF3NO. The molecule has 100 valence electrons. The first kappa shape index (κ1) is 13.8. The summed E-state index contributed by atoms with van der Waals surface area (Å²) in [6.45, 7) is 1.02. The molecule has 18 heavy (non-hydrogen) atoms. The molecule has 6 heteroatoms. The Kier molecular flexibility index (Phi) is 3.71. The Morgan fingerprint density at radius 2 is 1.83 bits per heavy atom. The normalized spacial score (nSPS) is 19.8. The van der Waals surface area contributed by atoms with Crippen LogP contribution in [0.1, 0.15) is 24.0 Å². The van der Waals surface area contributed by atoms with Crippen molar-refractivity contribution in [3.63, 3.8) is 0 Å². The summed E-state index contributed by atoms with van der Waals surface area (Å²) < 4.78 is 39.3. The highest BCUT2D eigenvalue weighted by molar-refractivity contribution is 9.10. The lowest BCUT2D eigenvalue weighted by atomic mass is 9.82. The maximum absolute atomic E-state index is 13.0. The fourth-order valence-corrected chi connectivity index (χ4v) is 3.06. The molecule has 1 aliphatic heterocycles. The first-order valence-electron chi connectivity index (χ1n) is 5.64. The molecule has 2 N–H and O–H groups in total.